The van der Waals surface area contributed by atoms with E-state index in [0.717, 1.165) is 18.4 Å². The number of hydrogen-bond acceptors (Lipinski definition) is 3. The molecule has 1 aliphatic heterocycles. The third kappa shape index (κ3) is 2.64. The van der Waals surface area contributed by atoms with Crippen LogP contribution >= 0.6 is 0 Å². The Balaban J connectivity index is 1.90. The lowest BCUT2D eigenvalue weighted by Crippen LogP contribution is -2.36. The van der Waals surface area contributed by atoms with Crippen LogP contribution in [0.15, 0.2) is 18.2 Å². The highest BCUT2D eigenvalue weighted by Gasteiger charge is 2.34. The Morgan fingerprint density at radius 3 is 2.71 bits per heavy atom. The summed E-state index contributed by atoms with van der Waals surface area (Å²) in [4.78, 5) is 12.1. The Morgan fingerprint density at radius 2 is 2.10 bits per heavy atom. The third-order valence-corrected chi connectivity index (χ3v) is 5.96. The van der Waals surface area contributed by atoms with Gasteiger partial charge in [-0.2, -0.15) is 0 Å². The van der Waals surface area contributed by atoms with Crippen LogP contribution in [0.3, 0.4) is 0 Å². The molecular formula is C15H20N2O3S. The molecule has 1 amide bonds. The minimum atomic E-state index is -3.27. The number of nitrogens with one attached hydrogen (secondary N) is 1. The predicted octanol–water partition coefficient (Wildman–Crippen LogP) is 1.68. The SMILES string of the molecule is CCS(=O)(=O)N1c2ccc(C(=O)NC3CC3)cc2C[C@@H]1C. The van der Waals surface area contributed by atoms with Crippen LogP contribution in [0.1, 0.15) is 42.6 Å². The predicted molar refractivity (Wildman–Crippen MR) is 82.0 cm³/mol. The van der Waals surface area contributed by atoms with Crippen molar-refractivity contribution in [1.82, 2.24) is 5.32 Å². The lowest BCUT2D eigenvalue weighted by Gasteiger charge is -2.23. The zero-order chi connectivity index (χ0) is 15.2. The van der Waals surface area contributed by atoms with E-state index < -0.39 is 10.0 Å². The highest BCUT2D eigenvalue weighted by molar-refractivity contribution is 7.92. The van der Waals surface area contributed by atoms with Gasteiger partial charge in [-0.25, -0.2) is 8.42 Å². The molecule has 1 N–H and O–H groups in total. The molecule has 0 radical (unpaired) electrons. The van der Waals surface area contributed by atoms with Crippen molar-refractivity contribution in [2.75, 3.05) is 10.1 Å². The van der Waals surface area contributed by atoms with Crippen LogP contribution in [0.25, 0.3) is 0 Å². The molecule has 2 aliphatic rings. The van der Waals surface area contributed by atoms with Gasteiger partial charge in [0.05, 0.1) is 11.4 Å². The first kappa shape index (κ1) is 14.4. The van der Waals surface area contributed by atoms with Crippen molar-refractivity contribution in [3.63, 3.8) is 0 Å². The lowest BCUT2D eigenvalue weighted by atomic mass is 10.1. The van der Waals surface area contributed by atoms with Crippen molar-refractivity contribution in [3.05, 3.63) is 29.3 Å². The van der Waals surface area contributed by atoms with Gasteiger partial charge < -0.3 is 5.32 Å². The van der Waals surface area contributed by atoms with Crippen molar-refractivity contribution < 1.29 is 13.2 Å². The van der Waals surface area contributed by atoms with E-state index >= 15 is 0 Å². The number of fused-ring (bicyclic) bond motifs is 1. The molecule has 1 aromatic carbocycles. The summed E-state index contributed by atoms with van der Waals surface area (Å²) in [6.45, 7) is 3.55. The summed E-state index contributed by atoms with van der Waals surface area (Å²) in [7, 11) is -3.27. The summed E-state index contributed by atoms with van der Waals surface area (Å²) in [6.07, 6.45) is 2.76. The van der Waals surface area contributed by atoms with Crippen LogP contribution in [0.5, 0.6) is 0 Å². The van der Waals surface area contributed by atoms with Gasteiger partial charge >= 0.3 is 0 Å². The zero-order valence-corrected chi connectivity index (χ0v) is 13.1. The maximum Gasteiger partial charge on any atom is 0.251 e. The Bertz CT molecular complexity index is 680. The third-order valence-electron chi connectivity index (χ3n) is 4.07. The number of amides is 1. The van der Waals surface area contributed by atoms with Crippen molar-refractivity contribution in [2.24, 2.45) is 0 Å². The number of nitrogens with zero attached hydrogens (tertiary/aromatic N) is 1. The molecule has 0 spiro atoms. The fourth-order valence-corrected chi connectivity index (χ4v) is 4.18. The van der Waals surface area contributed by atoms with Gasteiger partial charge in [0.25, 0.3) is 5.91 Å². The number of carbonyl (C=O) groups is 1. The monoisotopic (exact) mass is 308 g/mol. The van der Waals surface area contributed by atoms with E-state index in [1.165, 1.54) is 4.31 Å². The highest BCUT2D eigenvalue weighted by atomic mass is 32.2. The molecule has 1 aliphatic carbocycles. The molecule has 0 unspecified atom stereocenters. The van der Waals surface area contributed by atoms with E-state index in [0.29, 0.717) is 23.7 Å². The van der Waals surface area contributed by atoms with Gasteiger partial charge in [0.2, 0.25) is 10.0 Å². The second-order valence-corrected chi connectivity index (χ2v) is 7.98. The molecule has 1 heterocycles. The summed E-state index contributed by atoms with van der Waals surface area (Å²) in [5.74, 6) is 0.0190. The average molecular weight is 308 g/mol. The molecule has 0 saturated heterocycles. The molecule has 1 atom stereocenters. The standard InChI is InChI=1S/C15H20N2O3S/c1-3-21(19,20)17-10(2)8-12-9-11(4-7-14(12)17)15(18)16-13-5-6-13/h4,7,9-10,13H,3,5-6,8H2,1-2H3,(H,16,18)/t10-/m0/s1. The Hall–Kier alpha value is -1.56. The van der Waals surface area contributed by atoms with Gasteiger partial charge in [-0.15, -0.1) is 0 Å². The summed E-state index contributed by atoms with van der Waals surface area (Å²) in [5, 5.41) is 2.95. The summed E-state index contributed by atoms with van der Waals surface area (Å²) >= 11 is 0. The minimum Gasteiger partial charge on any atom is -0.349 e. The van der Waals surface area contributed by atoms with Crippen LogP contribution < -0.4 is 9.62 Å². The van der Waals surface area contributed by atoms with Crippen molar-refractivity contribution >= 4 is 21.6 Å². The van der Waals surface area contributed by atoms with E-state index in [9.17, 15) is 13.2 Å². The number of carbonyl (C=O) groups excluding carboxylic acids is 1. The van der Waals surface area contributed by atoms with Crippen LogP contribution in [-0.2, 0) is 16.4 Å². The number of hydrogen-bond donors (Lipinski definition) is 1. The van der Waals surface area contributed by atoms with Gasteiger partial charge in [0, 0.05) is 17.6 Å². The lowest BCUT2D eigenvalue weighted by molar-refractivity contribution is 0.0951. The van der Waals surface area contributed by atoms with Crippen molar-refractivity contribution in [1.29, 1.82) is 0 Å². The summed E-state index contributed by atoms with van der Waals surface area (Å²) < 4.78 is 25.9. The molecule has 1 aromatic rings. The average Bonchev–Trinajstić information content (AvgIpc) is 3.17. The van der Waals surface area contributed by atoms with Crippen LogP contribution in [-0.4, -0.2) is 32.2 Å². The summed E-state index contributed by atoms with van der Waals surface area (Å²) in [6, 6.07) is 5.53. The maximum atomic E-state index is 12.2. The first-order valence-corrected chi connectivity index (χ1v) is 8.99. The van der Waals surface area contributed by atoms with Crippen molar-refractivity contribution in [3.8, 4) is 0 Å². The van der Waals surface area contributed by atoms with E-state index in [2.05, 4.69) is 5.32 Å². The summed E-state index contributed by atoms with van der Waals surface area (Å²) in [5.41, 5.74) is 2.26. The van der Waals surface area contributed by atoms with E-state index in [4.69, 9.17) is 0 Å². The zero-order valence-electron chi connectivity index (χ0n) is 12.3. The molecule has 6 heteroatoms. The van der Waals surface area contributed by atoms with E-state index in [1.54, 1.807) is 19.1 Å². The smallest absolute Gasteiger partial charge is 0.251 e. The van der Waals surface area contributed by atoms with Crippen LogP contribution in [0.4, 0.5) is 5.69 Å². The largest absolute Gasteiger partial charge is 0.349 e. The van der Waals surface area contributed by atoms with Gasteiger partial charge in [0.15, 0.2) is 0 Å². The Morgan fingerprint density at radius 1 is 1.38 bits per heavy atom. The number of benzene rings is 1. The molecule has 21 heavy (non-hydrogen) atoms. The van der Waals surface area contributed by atoms with E-state index in [-0.39, 0.29) is 17.7 Å². The first-order valence-electron chi connectivity index (χ1n) is 7.38. The number of anilines is 1. The molecule has 114 valence electrons. The Kier molecular flexibility index (Phi) is 3.43. The minimum absolute atomic E-state index is 0.0650. The highest BCUT2D eigenvalue weighted by Crippen LogP contribution is 2.35. The fraction of sp³-hybridized carbons (Fsp3) is 0.533. The first-order chi connectivity index (χ1) is 9.92. The van der Waals surface area contributed by atoms with Crippen LogP contribution in [0, 0.1) is 0 Å². The fourth-order valence-electron chi connectivity index (χ4n) is 2.80. The quantitative estimate of drug-likeness (QED) is 0.920. The second-order valence-electron chi connectivity index (χ2n) is 5.84. The molecule has 0 aromatic heterocycles. The van der Waals surface area contributed by atoms with Crippen LogP contribution in [0.2, 0.25) is 0 Å². The molecule has 1 saturated carbocycles. The molecule has 1 fully saturated rings. The normalized spacial score (nSPS) is 21.2. The molecule has 5 nitrogen and oxygen atoms in total. The van der Waals surface area contributed by atoms with E-state index in [1.807, 2.05) is 13.0 Å². The van der Waals surface area contributed by atoms with Crippen molar-refractivity contribution in [2.45, 2.75) is 45.2 Å². The topological polar surface area (TPSA) is 66.5 Å². The van der Waals surface area contributed by atoms with Gasteiger partial charge in [-0.1, -0.05) is 0 Å². The van der Waals surface area contributed by atoms with Gasteiger partial charge in [-0.3, -0.25) is 9.10 Å². The van der Waals surface area contributed by atoms with Gasteiger partial charge in [-0.05, 0) is 56.9 Å². The molecule has 0 bridgehead atoms. The number of sulfonamides is 1. The second kappa shape index (κ2) is 5.02. The maximum absolute atomic E-state index is 12.2. The number of rotatable bonds is 4. The van der Waals surface area contributed by atoms with Gasteiger partial charge in [0.1, 0.15) is 0 Å². The molecule has 3 rings (SSSR count). The molecular weight excluding hydrogens is 288 g/mol. The Labute approximate surface area is 125 Å².